The summed E-state index contributed by atoms with van der Waals surface area (Å²) >= 11 is 0. The summed E-state index contributed by atoms with van der Waals surface area (Å²) in [4.78, 5) is 2.86. The Morgan fingerprint density at radius 3 is 1.40 bits per heavy atom. The Labute approximate surface area is 130 Å². The first-order chi connectivity index (χ1) is 11.6. The van der Waals surface area contributed by atoms with Crippen LogP contribution >= 0.6 is 0 Å². The van der Waals surface area contributed by atoms with E-state index in [2.05, 4.69) is 4.94 Å². The Morgan fingerprint density at radius 2 is 0.880 bits per heavy atom. The molecule has 0 saturated heterocycles. The highest BCUT2D eigenvalue weighted by Gasteiger charge is 2.33. The molecular weight excluding hydrogens is 371 g/mol. The van der Waals surface area contributed by atoms with E-state index in [-0.39, 0.29) is 0 Å². The van der Waals surface area contributed by atoms with Gasteiger partial charge in [-0.15, -0.1) is 0 Å². The van der Waals surface area contributed by atoms with Crippen LogP contribution in [0.5, 0.6) is 11.5 Å². The van der Waals surface area contributed by atoms with Crippen molar-refractivity contribution in [2.75, 3.05) is 0 Å². The normalized spacial score (nSPS) is 11.6. The fourth-order valence-corrected chi connectivity index (χ4v) is 2.47. The molecule has 0 aliphatic carbocycles. The smallest absolute Gasteiger partial charge is 0.221 e. The molecule has 0 bridgehead atoms. The molecule has 3 rings (SSSR count). The van der Waals surface area contributed by atoms with Gasteiger partial charge in [0.15, 0.2) is 40.7 Å². The minimum atomic E-state index is -2.49. The van der Waals surface area contributed by atoms with Crippen LogP contribution in [0.1, 0.15) is 0 Å². The molecule has 0 spiro atoms. The highest BCUT2D eigenvalue weighted by Crippen LogP contribution is 2.45. The van der Waals surface area contributed by atoms with E-state index in [4.69, 9.17) is 0 Å². The summed E-state index contributed by atoms with van der Waals surface area (Å²) in [7, 11) is 0. The molecule has 132 valence electrons. The molecule has 25 heavy (non-hydrogen) atoms. The van der Waals surface area contributed by atoms with E-state index >= 15 is 0 Å². The molecule has 0 fully saturated rings. The van der Waals surface area contributed by atoms with Crippen molar-refractivity contribution < 1.29 is 49.7 Å². The minimum Gasteiger partial charge on any atom is -0.504 e. The van der Waals surface area contributed by atoms with Crippen LogP contribution in [0.4, 0.5) is 39.6 Å². The zero-order valence-corrected chi connectivity index (χ0v) is 11.3. The molecule has 0 unspecified atom stereocenters. The third kappa shape index (κ3) is 1.94. The molecule has 3 aromatic carbocycles. The maximum absolute atomic E-state index is 14.1. The molecule has 0 saturated carbocycles. The first-order valence-corrected chi connectivity index (χ1v) is 6.09. The topological polar surface area (TPSA) is 29.5 Å². The van der Waals surface area contributed by atoms with Gasteiger partial charge in [-0.05, 0) is 0 Å². The van der Waals surface area contributed by atoms with Crippen molar-refractivity contribution in [2.45, 2.75) is 0 Å². The Bertz CT molecular complexity index is 1080. The van der Waals surface area contributed by atoms with Crippen LogP contribution in [0.25, 0.3) is 21.5 Å². The minimum absolute atomic E-state index is 1.68. The van der Waals surface area contributed by atoms with E-state index in [0.717, 1.165) is 0 Å². The molecule has 0 atom stereocenters. The molecule has 0 aliphatic heterocycles. The standard InChI is InChI=1S/C14HF9O2/c15-5-1-2-4(14(25-23)12(22)10(20)6(2)16)8(18)7(17)3(1)13(24)11(21)9(5)19/h24H. The van der Waals surface area contributed by atoms with Crippen molar-refractivity contribution in [1.82, 2.24) is 0 Å². The summed E-state index contributed by atoms with van der Waals surface area (Å²) in [6.45, 7) is 0. The second-order valence-electron chi connectivity index (χ2n) is 4.77. The monoisotopic (exact) mass is 372 g/mol. The van der Waals surface area contributed by atoms with Crippen LogP contribution in [-0.2, 0) is 0 Å². The van der Waals surface area contributed by atoms with Gasteiger partial charge < -0.3 is 5.11 Å². The largest absolute Gasteiger partial charge is 0.504 e. The number of rotatable bonds is 1. The Balaban J connectivity index is 2.86. The Morgan fingerprint density at radius 1 is 0.480 bits per heavy atom. The third-order valence-corrected chi connectivity index (χ3v) is 3.54. The van der Waals surface area contributed by atoms with Gasteiger partial charge in [-0.2, -0.15) is 8.78 Å². The van der Waals surface area contributed by atoms with Gasteiger partial charge in [0.05, 0.1) is 10.8 Å². The predicted octanol–water partition coefficient (Wildman–Crippen LogP) is 5.07. The number of halogens is 9. The number of hydrogen-bond donors (Lipinski definition) is 1. The molecule has 11 heteroatoms. The SMILES string of the molecule is Oc1c(F)c(F)c(F)c2c1c(F)c(F)c1c(OF)c(F)c(F)c(F)c12. The van der Waals surface area contributed by atoms with Crippen LogP contribution in [-0.4, -0.2) is 5.11 Å². The quantitative estimate of drug-likeness (QED) is 0.367. The zero-order valence-electron chi connectivity index (χ0n) is 11.3. The van der Waals surface area contributed by atoms with Gasteiger partial charge in [0, 0.05) is 15.3 Å². The van der Waals surface area contributed by atoms with Crippen molar-refractivity contribution in [3.63, 3.8) is 0 Å². The highest BCUT2D eigenvalue weighted by molar-refractivity contribution is 6.12. The van der Waals surface area contributed by atoms with E-state index in [9.17, 15) is 44.8 Å². The lowest BCUT2D eigenvalue weighted by Crippen LogP contribution is -2.04. The van der Waals surface area contributed by atoms with E-state index in [1.807, 2.05) is 0 Å². The fourth-order valence-electron chi connectivity index (χ4n) is 2.47. The van der Waals surface area contributed by atoms with Crippen LogP contribution in [0.3, 0.4) is 0 Å². The van der Waals surface area contributed by atoms with E-state index in [1.54, 1.807) is 0 Å². The summed E-state index contributed by atoms with van der Waals surface area (Å²) in [5.74, 6) is -23.0. The van der Waals surface area contributed by atoms with Crippen molar-refractivity contribution in [3.8, 4) is 11.5 Å². The first-order valence-electron chi connectivity index (χ1n) is 6.09. The highest BCUT2D eigenvalue weighted by atomic mass is 19.3. The number of phenols is 1. The molecule has 0 amide bonds. The molecule has 1 N–H and O–H groups in total. The number of fused-ring (bicyclic) bond motifs is 3. The lowest BCUT2D eigenvalue weighted by atomic mass is 9.97. The lowest BCUT2D eigenvalue weighted by molar-refractivity contribution is -0.00965. The summed E-state index contributed by atoms with van der Waals surface area (Å²) in [5.41, 5.74) is 0. The van der Waals surface area contributed by atoms with E-state index in [0.29, 0.717) is 0 Å². The Hall–Kier alpha value is -2.85. The van der Waals surface area contributed by atoms with Gasteiger partial charge in [0.25, 0.3) is 0 Å². The average Bonchev–Trinajstić information content (AvgIpc) is 2.59. The molecule has 3 aromatic rings. The van der Waals surface area contributed by atoms with Gasteiger partial charge in [0.2, 0.25) is 17.4 Å². The molecule has 0 heterocycles. The summed E-state index contributed by atoms with van der Waals surface area (Å²) in [6.07, 6.45) is 0. The fraction of sp³-hybridized carbons (Fsp3) is 0. The zero-order chi connectivity index (χ0) is 18.8. The van der Waals surface area contributed by atoms with Crippen molar-refractivity contribution in [3.05, 3.63) is 46.5 Å². The van der Waals surface area contributed by atoms with Crippen LogP contribution in [0.2, 0.25) is 0 Å². The predicted molar refractivity (Wildman–Crippen MR) is 64.5 cm³/mol. The summed E-state index contributed by atoms with van der Waals surface area (Å²) in [5, 5.41) is 2.55. The third-order valence-electron chi connectivity index (χ3n) is 3.54. The molecule has 2 nitrogen and oxygen atoms in total. The van der Waals surface area contributed by atoms with Gasteiger partial charge in [-0.25, -0.2) is 26.3 Å². The van der Waals surface area contributed by atoms with Crippen molar-refractivity contribution >= 4 is 21.5 Å². The Kier molecular flexibility index (Phi) is 3.62. The van der Waals surface area contributed by atoms with Gasteiger partial charge in [-0.1, -0.05) is 0 Å². The summed E-state index contributed by atoms with van der Waals surface area (Å²) in [6, 6.07) is 0. The van der Waals surface area contributed by atoms with E-state index < -0.39 is 79.6 Å². The second-order valence-corrected chi connectivity index (χ2v) is 4.77. The average molecular weight is 372 g/mol. The van der Waals surface area contributed by atoms with Crippen LogP contribution in [0.15, 0.2) is 0 Å². The van der Waals surface area contributed by atoms with Crippen LogP contribution < -0.4 is 4.94 Å². The first kappa shape index (κ1) is 17.0. The van der Waals surface area contributed by atoms with Crippen molar-refractivity contribution in [2.24, 2.45) is 0 Å². The molecule has 0 aromatic heterocycles. The maximum atomic E-state index is 14.1. The number of phenolic OH excluding ortho intramolecular Hbond substituents is 1. The van der Waals surface area contributed by atoms with Crippen LogP contribution in [0, 0.1) is 46.5 Å². The van der Waals surface area contributed by atoms with E-state index in [1.165, 1.54) is 0 Å². The van der Waals surface area contributed by atoms with Gasteiger partial charge in [0.1, 0.15) is 0 Å². The maximum Gasteiger partial charge on any atom is 0.221 e. The molecular formula is C14HF9O2. The second kappa shape index (κ2) is 5.33. The van der Waals surface area contributed by atoms with Gasteiger partial charge in [-0.3, -0.25) is 4.94 Å². The molecule has 0 aliphatic rings. The number of aromatic hydroxyl groups is 1. The molecule has 0 radical (unpaired) electrons. The summed E-state index contributed by atoms with van der Waals surface area (Å²) < 4.78 is 122. The lowest BCUT2D eigenvalue weighted by Gasteiger charge is -2.14. The number of benzene rings is 3. The van der Waals surface area contributed by atoms with Crippen molar-refractivity contribution in [1.29, 1.82) is 0 Å². The van der Waals surface area contributed by atoms with Gasteiger partial charge >= 0.3 is 0 Å². The number of hydrogen-bond acceptors (Lipinski definition) is 2.